The number of carbonyl (C=O) groups is 1. The number of hydrogen-bond donors (Lipinski definition) is 1. The molecule has 3 aromatic rings. The number of benzene rings is 1. The van der Waals surface area contributed by atoms with Crippen molar-refractivity contribution in [3.8, 4) is 11.3 Å². The van der Waals surface area contributed by atoms with E-state index in [1.54, 1.807) is 24.4 Å². The Labute approximate surface area is 139 Å². The van der Waals surface area contributed by atoms with Crippen molar-refractivity contribution in [1.82, 2.24) is 9.97 Å². The molecule has 1 N–H and O–H groups in total. The quantitative estimate of drug-likeness (QED) is 0.729. The van der Waals surface area contributed by atoms with Crippen LogP contribution >= 0.6 is 11.6 Å². The Morgan fingerprint density at radius 3 is 2.52 bits per heavy atom. The molecule has 0 aliphatic carbocycles. The lowest BCUT2D eigenvalue weighted by Crippen LogP contribution is -2.14. The Morgan fingerprint density at radius 1 is 1.04 bits per heavy atom. The lowest BCUT2D eigenvalue weighted by molar-refractivity contribution is 0.102. The average Bonchev–Trinajstić information content (AvgIpc) is 2.57. The minimum absolute atomic E-state index is 0.257. The predicted octanol–water partition coefficient (Wildman–Crippen LogP) is 4.36. The molecule has 0 radical (unpaired) electrons. The van der Waals surface area contributed by atoms with E-state index in [1.807, 2.05) is 43.3 Å². The smallest absolute Gasteiger partial charge is 0.257 e. The predicted molar refractivity (Wildman–Crippen MR) is 91.6 cm³/mol. The number of carbonyl (C=O) groups excluding carboxylic acids is 1. The highest BCUT2D eigenvalue weighted by molar-refractivity contribution is 6.32. The van der Waals surface area contributed by atoms with Gasteiger partial charge in [0.25, 0.3) is 5.91 Å². The Kier molecular flexibility index (Phi) is 4.35. The first kappa shape index (κ1) is 15.2. The van der Waals surface area contributed by atoms with Crippen LogP contribution in [0.5, 0.6) is 0 Å². The van der Waals surface area contributed by atoms with Crippen LogP contribution in [0.4, 0.5) is 5.69 Å². The molecule has 2 heterocycles. The highest BCUT2D eigenvalue weighted by Gasteiger charge is 2.13. The van der Waals surface area contributed by atoms with Gasteiger partial charge in [0, 0.05) is 11.8 Å². The SMILES string of the molecule is Cc1nc(-c2ccccc2)ccc1C(=O)Nc1cccnc1Cl. The van der Waals surface area contributed by atoms with E-state index in [0.717, 1.165) is 11.3 Å². The molecular weight excluding hydrogens is 310 g/mol. The lowest BCUT2D eigenvalue weighted by Gasteiger charge is -2.09. The summed E-state index contributed by atoms with van der Waals surface area (Å²) in [4.78, 5) is 20.9. The van der Waals surface area contributed by atoms with Crippen molar-refractivity contribution in [2.75, 3.05) is 5.32 Å². The van der Waals surface area contributed by atoms with Crippen molar-refractivity contribution in [1.29, 1.82) is 0 Å². The van der Waals surface area contributed by atoms with Gasteiger partial charge in [-0.3, -0.25) is 9.78 Å². The van der Waals surface area contributed by atoms with Gasteiger partial charge in [-0.25, -0.2) is 4.98 Å². The summed E-state index contributed by atoms with van der Waals surface area (Å²) in [5, 5.41) is 3.01. The van der Waals surface area contributed by atoms with Crippen LogP contribution < -0.4 is 5.32 Å². The van der Waals surface area contributed by atoms with Gasteiger partial charge in [-0.1, -0.05) is 41.9 Å². The largest absolute Gasteiger partial charge is 0.319 e. The second-order valence-corrected chi connectivity index (χ2v) is 5.35. The molecule has 2 aromatic heterocycles. The molecule has 0 aliphatic heterocycles. The van der Waals surface area contributed by atoms with Gasteiger partial charge in [-0.2, -0.15) is 0 Å². The highest BCUT2D eigenvalue weighted by Crippen LogP contribution is 2.21. The molecule has 0 fully saturated rings. The third-order valence-electron chi connectivity index (χ3n) is 3.41. The van der Waals surface area contributed by atoms with E-state index in [4.69, 9.17) is 11.6 Å². The fourth-order valence-corrected chi connectivity index (χ4v) is 2.41. The fraction of sp³-hybridized carbons (Fsp3) is 0.0556. The van der Waals surface area contributed by atoms with Crippen molar-refractivity contribution in [2.45, 2.75) is 6.92 Å². The number of nitrogens with one attached hydrogen (secondary N) is 1. The number of hydrogen-bond acceptors (Lipinski definition) is 3. The van der Waals surface area contributed by atoms with Crippen LogP contribution in [0, 0.1) is 6.92 Å². The van der Waals surface area contributed by atoms with Gasteiger partial charge in [0.05, 0.1) is 22.6 Å². The van der Waals surface area contributed by atoms with E-state index in [9.17, 15) is 4.79 Å². The van der Waals surface area contributed by atoms with Crippen molar-refractivity contribution in [2.24, 2.45) is 0 Å². The van der Waals surface area contributed by atoms with E-state index in [1.165, 1.54) is 0 Å². The minimum atomic E-state index is -0.260. The molecule has 0 bridgehead atoms. The molecule has 0 unspecified atom stereocenters. The maximum atomic E-state index is 12.4. The van der Waals surface area contributed by atoms with E-state index < -0.39 is 0 Å². The second kappa shape index (κ2) is 6.58. The molecule has 23 heavy (non-hydrogen) atoms. The van der Waals surface area contributed by atoms with Crippen molar-refractivity contribution in [3.63, 3.8) is 0 Å². The van der Waals surface area contributed by atoms with Crippen molar-refractivity contribution >= 4 is 23.2 Å². The molecule has 0 spiro atoms. The fourth-order valence-electron chi connectivity index (χ4n) is 2.24. The molecule has 5 heteroatoms. The highest BCUT2D eigenvalue weighted by atomic mass is 35.5. The number of rotatable bonds is 3. The zero-order valence-corrected chi connectivity index (χ0v) is 13.2. The summed E-state index contributed by atoms with van der Waals surface area (Å²) in [6.07, 6.45) is 1.57. The molecular formula is C18H14ClN3O. The van der Waals surface area contributed by atoms with Crippen LogP contribution in [0.15, 0.2) is 60.8 Å². The van der Waals surface area contributed by atoms with Crippen LogP contribution in [-0.4, -0.2) is 15.9 Å². The van der Waals surface area contributed by atoms with Crippen LogP contribution in [0.2, 0.25) is 5.15 Å². The Balaban J connectivity index is 1.86. The summed E-state index contributed by atoms with van der Waals surface area (Å²) in [6.45, 7) is 1.81. The average molecular weight is 324 g/mol. The third kappa shape index (κ3) is 3.38. The molecule has 0 saturated carbocycles. The van der Waals surface area contributed by atoms with Gasteiger partial charge in [0.2, 0.25) is 0 Å². The number of halogens is 1. The summed E-state index contributed by atoms with van der Waals surface area (Å²) in [7, 11) is 0. The Hall–Kier alpha value is -2.72. The lowest BCUT2D eigenvalue weighted by atomic mass is 10.1. The third-order valence-corrected chi connectivity index (χ3v) is 3.71. The summed E-state index contributed by atoms with van der Waals surface area (Å²) in [5.74, 6) is -0.260. The Bertz CT molecular complexity index is 850. The van der Waals surface area contributed by atoms with Gasteiger partial charge >= 0.3 is 0 Å². The van der Waals surface area contributed by atoms with Gasteiger partial charge in [-0.15, -0.1) is 0 Å². The maximum Gasteiger partial charge on any atom is 0.257 e. The van der Waals surface area contributed by atoms with Gasteiger partial charge < -0.3 is 5.32 Å². The van der Waals surface area contributed by atoms with Gasteiger partial charge in [-0.05, 0) is 31.2 Å². The topological polar surface area (TPSA) is 54.9 Å². The number of pyridine rings is 2. The first-order chi connectivity index (χ1) is 11.1. The first-order valence-corrected chi connectivity index (χ1v) is 7.48. The zero-order chi connectivity index (χ0) is 16.2. The molecule has 0 aliphatic rings. The van der Waals surface area contributed by atoms with Crippen molar-refractivity contribution < 1.29 is 4.79 Å². The van der Waals surface area contributed by atoms with Crippen LogP contribution in [0.25, 0.3) is 11.3 Å². The van der Waals surface area contributed by atoms with E-state index >= 15 is 0 Å². The molecule has 114 valence electrons. The summed E-state index contributed by atoms with van der Waals surface area (Å²) >= 11 is 5.96. The van der Waals surface area contributed by atoms with Crippen molar-refractivity contribution in [3.05, 3.63) is 77.2 Å². The van der Waals surface area contributed by atoms with Crippen LogP contribution in [0.3, 0.4) is 0 Å². The van der Waals surface area contributed by atoms with E-state index in [-0.39, 0.29) is 11.1 Å². The number of nitrogens with zero attached hydrogens (tertiary/aromatic N) is 2. The number of aryl methyl sites for hydroxylation is 1. The van der Waals surface area contributed by atoms with Gasteiger partial charge in [0.1, 0.15) is 0 Å². The molecule has 0 atom stereocenters. The molecule has 1 amide bonds. The van der Waals surface area contributed by atoms with Gasteiger partial charge in [0.15, 0.2) is 5.15 Å². The Morgan fingerprint density at radius 2 is 1.83 bits per heavy atom. The van der Waals surface area contributed by atoms with Crippen LogP contribution in [-0.2, 0) is 0 Å². The van der Waals surface area contributed by atoms with Crippen LogP contribution in [0.1, 0.15) is 16.1 Å². The summed E-state index contributed by atoms with van der Waals surface area (Å²) in [5.41, 5.74) is 3.48. The second-order valence-electron chi connectivity index (χ2n) is 4.99. The zero-order valence-electron chi connectivity index (χ0n) is 12.5. The molecule has 3 rings (SSSR count). The molecule has 4 nitrogen and oxygen atoms in total. The molecule has 1 aromatic carbocycles. The summed E-state index contributed by atoms with van der Waals surface area (Å²) in [6, 6.07) is 16.9. The maximum absolute atomic E-state index is 12.4. The minimum Gasteiger partial charge on any atom is -0.319 e. The van der Waals surface area contributed by atoms with E-state index in [2.05, 4.69) is 15.3 Å². The molecule has 0 saturated heterocycles. The van der Waals surface area contributed by atoms with E-state index in [0.29, 0.717) is 16.9 Å². The number of amides is 1. The number of anilines is 1. The summed E-state index contributed by atoms with van der Waals surface area (Å²) < 4.78 is 0. The standard InChI is InChI=1S/C18H14ClN3O/c1-12-14(18(23)22-16-8-5-11-20-17(16)19)9-10-15(21-12)13-6-3-2-4-7-13/h2-11H,1H3,(H,22,23). The first-order valence-electron chi connectivity index (χ1n) is 7.10. The monoisotopic (exact) mass is 323 g/mol. The number of aromatic nitrogens is 2. The normalized spacial score (nSPS) is 10.3.